The Morgan fingerprint density at radius 1 is 0.607 bits per heavy atom. The minimum absolute atomic E-state index is 0.0382. The Bertz CT molecular complexity index is 1920. The number of rotatable bonds is 8. The zero-order valence-corrected chi connectivity index (χ0v) is 33.5. The second kappa shape index (κ2) is 17.9. The Morgan fingerprint density at radius 2 is 1.46 bits per heavy atom. The van der Waals surface area contributed by atoms with Crippen LogP contribution in [0.4, 0.5) is 0 Å². The molecule has 9 rings (SSSR count). The lowest BCUT2D eigenvalue weighted by atomic mass is 9.66. The molecule has 10 unspecified atom stereocenters. The molecule has 0 aromatic heterocycles. The molecule has 3 nitrogen and oxygen atoms in total. The molecular formula is C53H63N3. The Labute approximate surface area is 337 Å². The second-order valence-electron chi connectivity index (χ2n) is 17.9. The average Bonchev–Trinajstić information content (AvgIpc) is 3.28. The van der Waals surface area contributed by atoms with Gasteiger partial charge in [0.2, 0.25) is 0 Å². The van der Waals surface area contributed by atoms with Gasteiger partial charge in [-0.15, -0.1) is 0 Å². The summed E-state index contributed by atoms with van der Waals surface area (Å²) in [4.78, 5) is 11.3. The predicted octanol–water partition coefficient (Wildman–Crippen LogP) is 12.7. The van der Waals surface area contributed by atoms with Gasteiger partial charge >= 0.3 is 0 Å². The van der Waals surface area contributed by atoms with Crippen molar-refractivity contribution in [2.24, 2.45) is 57.3 Å². The van der Waals surface area contributed by atoms with Crippen LogP contribution < -0.4 is 5.32 Å². The molecule has 10 atom stereocenters. The zero-order chi connectivity index (χ0) is 37.5. The van der Waals surface area contributed by atoms with E-state index in [2.05, 4.69) is 139 Å². The van der Waals surface area contributed by atoms with Gasteiger partial charge in [-0.25, -0.2) is 0 Å². The van der Waals surface area contributed by atoms with Crippen LogP contribution in [-0.2, 0) is 0 Å². The van der Waals surface area contributed by atoms with E-state index in [0.29, 0.717) is 53.4 Å². The van der Waals surface area contributed by atoms with Crippen molar-refractivity contribution in [1.29, 1.82) is 0 Å². The second-order valence-corrected chi connectivity index (χ2v) is 17.9. The molecule has 0 radical (unpaired) electrons. The number of hydrogen-bond acceptors (Lipinski definition) is 3. The van der Waals surface area contributed by atoms with Gasteiger partial charge in [0, 0.05) is 47.2 Å². The van der Waals surface area contributed by atoms with Crippen molar-refractivity contribution in [3.8, 4) is 0 Å². The Kier molecular flexibility index (Phi) is 11.9. The number of allylic oxidation sites excluding steroid dienone is 21. The van der Waals surface area contributed by atoms with Crippen LogP contribution in [0.25, 0.3) is 0 Å². The van der Waals surface area contributed by atoms with Crippen LogP contribution in [0.2, 0.25) is 0 Å². The fraction of sp³-hybridized carbons (Fsp3) is 0.472. The summed E-state index contributed by atoms with van der Waals surface area (Å²) in [6.45, 7) is 0. The fourth-order valence-electron chi connectivity index (χ4n) is 11.2. The first-order valence-corrected chi connectivity index (χ1v) is 22.5. The lowest BCUT2D eigenvalue weighted by molar-refractivity contribution is 0.219. The lowest BCUT2D eigenvalue weighted by Gasteiger charge is -2.41. The minimum Gasteiger partial charge on any atom is -0.363 e. The monoisotopic (exact) mass is 742 g/mol. The van der Waals surface area contributed by atoms with Crippen LogP contribution >= 0.6 is 0 Å². The molecule has 0 saturated heterocycles. The molecule has 0 bridgehead atoms. The molecule has 0 spiro atoms. The van der Waals surface area contributed by atoms with Crippen molar-refractivity contribution in [2.75, 3.05) is 0 Å². The van der Waals surface area contributed by atoms with Crippen molar-refractivity contribution in [2.45, 2.75) is 109 Å². The third-order valence-electron chi connectivity index (χ3n) is 14.4. The fourth-order valence-corrected chi connectivity index (χ4v) is 11.2. The quantitative estimate of drug-likeness (QED) is 0.264. The summed E-state index contributed by atoms with van der Waals surface area (Å²) < 4.78 is 0. The third kappa shape index (κ3) is 8.68. The topological polar surface area (TPSA) is 36.8 Å². The maximum atomic E-state index is 5.82. The highest BCUT2D eigenvalue weighted by Crippen LogP contribution is 2.44. The van der Waals surface area contributed by atoms with E-state index >= 15 is 0 Å². The smallest absolute Gasteiger partial charge is 0.125 e. The molecule has 1 fully saturated rings. The molecule has 7 aliphatic carbocycles. The van der Waals surface area contributed by atoms with E-state index in [4.69, 9.17) is 9.98 Å². The summed E-state index contributed by atoms with van der Waals surface area (Å²) >= 11 is 0. The van der Waals surface area contributed by atoms with Gasteiger partial charge in [-0.2, -0.15) is 0 Å². The molecule has 2 aliphatic heterocycles. The van der Waals surface area contributed by atoms with Crippen LogP contribution in [-0.4, -0.2) is 24.1 Å². The van der Waals surface area contributed by atoms with Gasteiger partial charge in [0.15, 0.2) is 0 Å². The van der Waals surface area contributed by atoms with E-state index in [1.54, 1.807) is 11.1 Å². The van der Waals surface area contributed by atoms with E-state index in [-0.39, 0.29) is 6.17 Å². The molecule has 0 amide bonds. The molecule has 3 heteroatoms. The zero-order valence-electron chi connectivity index (χ0n) is 33.5. The number of nitrogens with one attached hydrogen (secondary N) is 1. The van der Waals surface area contributed by atoms with E-state index in [9.17, 15) is 0 Å². The van der Waals surface area contributed by atoms with E-state index in [1.807, 2.05) is 0 Å². The summed E-state index contributed by atoms with van der Waals surface area (Å²) in [6.07, 6.45) is 69.6. The van der Waals surface area contributed by atoms with E-state index in [0.717, 1.165) is 38.5 Å². The normalized spacial score (nSPS) is 37.6. The highest BCUT2D eigenvalue weighted by atomic mass is 15.1. The summed E-state index contributed by atoms with van der Waals surface area (Å²) in [5.74, 6) is 4.24. The van der Waals surface area contributed by atoms with Crippen molar-refractivity contribution >= 4 is 11.9 Å². The number of aliphatic imine (C=N–C) groups is 2. The molecule has 1 N–H and O–H groups in total. The SMILES string of the molecule is C1=CCCC(C2C=CC(/C3=C/CCC(C4CCCC(C5C=NC(C6C=CC=CC6)C(C6=CC=CCC6)C5)C4)=NC(C4C=CC(C5C=CC=CC5)=CC4)N3)=CC2)=C1. The summed E-state index contributed by atoms with van der Waals surface area (Å²) in [6, 6.07) is 0.373. The molecule has 290 valence electrons. The largest absolute Gasteiger partial charge is 0.363 e. The van der Waals surface area contributed by atoms with Crippen molar-refractivity contribution in [3.63, 3.8) is 0 Å². The van der Waals surface area contributed by atoms with Gasteiger partial charge in [-0.3, -0.25) is 9.98 Å². The Hall–Kier alpha value is -4.24. The van der Waals surface area contributed by atoms with Crippen LogP contribution in [0.3, 0.4) is 0 Å². The highest BCUT2D eigenvalue weighted by molar-refractivity contribution is 5.87. The molecule has 9 aliphatic rings. The van der Waals surface area contributed by atoms with Gasteiger partial charge in [-0.1, -0.05) is 145 Å². The van der Waals surface area contributed by atoms with Crippen LogP contribution in [0, 0.1) is 47.3 Å². The predicted molar refractivity (Wildman–Crippen MR) is 237 cm³/mol. The maximum absolute atomic E-state index is 5.82. The van der Waals surface area contributed by atoms with Gasteiger partial charge in [0.1, 0.15) is 6.17 Å². The maximum Gasteiger partial charge on any atom is 0.125 e. The van der Waals surface area contributed by atoms with Gasteiger partial charge in [-0.05, 0) is 119 Å². The lowest BCUT2D eigenvalue weighted by Crippen LogP contribution is -2.39. The first-order chi connectivity index (χ1) is 27.7. The molecule has 2 heterocycles. The van der Waals surface area contributed by atoms with Crippen LogP contribution in [0.5, 0.6) is 0 Å². The summed E-state index contributed by atoms with van der Waals surface area (Å²) in [7, 11) is 0. The molecule has 0 aromatic carbocycles. The van der Waals surface area contributed by atoms with E-state index < -0.39 is 0 Å². The molecular weight excluding hydrogens is 679 g/mol. The number of nitrogens with zero attached hydrogens (tertiary/aromatic N) is 2. The standard InChI is InChI=1S/C53H63N3/c1-5-15-38(16-6-1)40-27-31-43(32-28-40)50-25-14-26-51(56-53(55-50)45-33-29-41(30-34-45)39-17-7-2-8-18-39)47-24-13-23-46(35-47)48-36-49(42-19-9-3-10-20-42)52(54-37-48)44-21-11-4-12-22-44/h1-5,7-9,11-12,15,17,19,21,25,27,29-33,37,39-40,44-49,52-53,55H,6,10,13-14,16,18,20,22-24,26,28,34-36H2/b50-25-,56-51?. The van der Waals surface area contributed by atoms with E-state index in [1.165, 1.54) is 80.3 Å². The Morgan fingerprint density at radius 3 is 2.20 bits per heavy atom. The first kappa shape index (κ1) is 37.3. The van der Waals surface area contributed by atoms with Crippen LogP contribution in [0.15, 0.2) is 166 Å². The van der Waals surface area contributed by atoms with Gasteiger partial charge < -0.3 is 5.32 Å². The molecule has 0 aromatic rings. The number of hydrogen-bond donors (Lipinski definition) is 1. The molecule has 1 saturated carbocycles. The average molecular weight is 742 g/mol. The van der Waals surface area contributed by atoms with Crippen LogP contribution in [0.1, 0.15) is 96.3 Å². The van der Waals surface area contributed by atoms with Crippen molar-refractivity contribution < 1.29 is 0 Å². The van der Waals surface area contributed by atoms with Crippen molar-refractivity contribution in [1.82, 2.24) is 5.32 Å². The molecule has 56 heavy (non-hydrogen) atoms. The van der Waals surface area contributed by atoms with Gasteiger partial charge in [0.25, 0.3) is 0 Å². The summed E-state index contributed by atoms with van der Waals surface area (Å²) in [5.41, 5.74) is 8.78. The first-order valence-electron chi connectivity index (χ1n) is 22.5. The minimum atomic E-state index is 0.0382. The van der Waals surface area contributed by atoms with Crippen molar-refractivity contribution in [3.05, 3.63) is 156 Å². The highest BCUT2D eigenvalue weighted by Gasteiger charge is 2.39. The third-order valence-corrected chi connectivity index (χ3v) is 14.4. The Balaban J connectivity index is 0.933. The van der Waals surface area contributed by atoms with Gasteiger partial charge in [0.05, 0.1) is 6.04 Å². The summed E-state index contributed by atoms with van der Waals surface area (Å²) in [5, 5.41) is 4.09.